The Balaban J connectivity index is 1.79. The second-order valence-corrected chi connectivity index (χ2v) is 7.11. The maximum Gasteiger partial charge on any atom is 0.276 e. The molecular formula is C20H22N4O6S. The number of hydrogen-bond donors (Lipinski definition) is 3. The summed E-state index contributed by atoms with van der Waals surface area (Å²) in [5, 5.41) is 12.9. The Hall–Kier alpha value is -3.73. The summed E-state index contributed by atoms with van der Waals surface area (Å²) in [5.74, 6) is -0.0576. The van der Waals surface area contributed by atoms with E-state index >= 15 is 0 Å². The van der Waals surface area contributed by atoms with Crippen LogP contribution < -0.4 is 25.6 Å². The van der Waals surface area contributed by atoms with Gasteiger partial charge < -0.3 is 9.47 Å². The van der Waals surface area contributed by atoms with Crippen LogP contribution in [0.25, 0.3) is 0 Å². The van der Waals surface area contributed by atoms with Crippen molar-refractivity contribution in [1.82, 2.24) is 16.2 Å². The lowest BCUT2D eigenvalue weighted by Crippen LogP contribution is -2.49. The standard InChI is InChI=1S/C20H22N4O6S/c1-13(2)11-30-17-6-4-3-5-16(17)19(26)21-20(31)23-22-18(25)12-29-15-9-7-14(8-10-15)24(27)28/h3-10,13H,11-12H2,1-2H3,(H,22,25)(H2,21,23,26,31). The Morgan fingerprint density at radius 2 is 1.74 bits per heavy atom. The lowest BCUT2D eigenvalue weighted by atomic mass is 10.2. The van der Waals surface area contributed by atoms with Crippen molar-refractivity contribution in [2.75, 3.05) is 13.2 Å². The smallest absolute Gasteiger partial charge is 0.276 e. The number of rotatable bonds is 8. The second-order valence-electron chi connectivity index (χ2n) is 6.70. The highest BCUT2D eigenvalue weighted by Gasteiger charge is 2.14. The van der Waals surface area contributed by atoms with Crippen molar-refractivity contribution < 1.29 is 24.0 Å². The first-order valence-electron chi connectivity index (χ1n) is 9.25. The molecule has 11 heteroatoms. The predicted molar refractivity (Wildman–Crippen MR) is 117 cm³/mol. The van der Waals surface area contributed by atoms with Gasteiger partial charge in [-0.25, -0.2) is 0 Å². The summed E-state index contributed by atoms with van der Waals surface area (Å²) in [6, 6.07) is 12.0. The van der Waals surface area contributed by atoms with Gasteiger partial charge >= 0.3 is 0 Å². The largest absolute Gasteiger partial charge is 0.492 e. The number of amides is 2. The molecule has 10 nitrogen and oxygen atoms in total. The van der Waals surface area contributed by atoms with Crippen molar-refractivity contribution in [3.63, 3.8) is 0 Å². The number of nitrogens with zero attached hydrogens (tertiary/aromatic N) is 1. The molecule has 2 aromatic rings. The van der Waals surface area contributed by atoms with Crippen LogP contribution in [0.3, 0.4) is 0 Å². The monoisotopic (exact) mass is 446 g/mol. The van der Waals surface area contributed by atoms with E-state index in [0.29, 0.717) is 23.8 Å². The number of hydrogen-bond acceptors (Lipinski definition) is 7. The molecule has 164 valence electrons. The van der Waals surface area contributed by atoms with E-state index in [1.54, 1.807) is 24.3 Å². The first-order chi connectivity index (χ1) is 14.8. The SMILES string of the molecule is CC(C)COc1ccccc1C(=O)NC(=S)NNC(=O)COc1ccc([N+](=O)[O-])cc1. The molecule has 0 aliphatic heterocycles. The molecule has 2 aromatic carbocycles. The number of nitro benzene ring substituents is 1. The lowest BCUT2D eigenvalue weighted by molar-refractivity contribution is -0.384. The molecular weight excluding hydrogens is 424 g/mol. The third-order valence-electron chi connectivity index (χ3n) is 3.66. The Morgan fingerprint density at radius 1 is 1.06 bits per heavy atom. The minimum absolute atomic E-state index is 0.0873. The number of nitrogens with one attached hydrogen (secondary N) is 3. The van der Waals surface area contributed by atoms with Gasteiger partial charge in [-0.2, -0.15) is 0 Å². The van der Waals surface area contributed by atoms with Gasteiger partial charge in [0.15, 0.2) is 11.7 Å². The van der Waals surface area contributed by atoms with Crippen LogP contribution in [0.15, 0.2) is 48.5 Å². The topological polar surface area (TPSA) is 132 Å². The Labute approximate surface area is 184 Å². The fraction of sp³-hybridized carbons (Fsp3) is 0.250. The molecule has 0 fully saturated rings. The van der Waals surface area contributed by atoms with Gasteiger partial charge in [-0.15, -0.1) is 0 Å². The fourth-order valence-electron chi connectivity index (χ4n) is 2.21. The van der Waals surface area contributed by atoms with Crippen LogP contribution in [0.2, 0.25) is 0 Å². The molecule has 0 radical (unpaired) electrons. The molecule has 2 amide bonds. The zero-order valence-corrected chi connectivity index (χ0v) is 17.7. The Morgan fingerprint density at radius 3 is 2.39 bits per heavy atom. The molecule has 31 heavy (non-hydrogen) atoms. The van der Waals surface area contributed by atoms with Crippen molar-refractivity contribution >= 4 is 34.8 Å². The highest BCUT2D eigenvalue weighted by atomic mass is 32.1. The number of para-hydroxylation sites is 1. The first-order valence-corrected chi connectivity index (χ1v) is 9.66. The average molecular weight is 446 g/mol. The summed E-state index contributed by atoms with van der Waals surface area (Å²) in [4.78, 5) is 34.4. The molecule has 0 atom stereocenters. The molecule has 2 rings (SSSR count). The van der Waals surface area contributed by atoms with E-state index in [9.17, 15) is 19.7 Å². The molecule has 0 bridgehead atoms. The van der Waals surface area contributed by atoms with Gasteiger partial charge in [-0.05, 0) is 42.4 Å². The fourth-order valence-corrected chi connectivity index (χ4v) is 2.36. The van der Waals surface area contributed by atoms with Crippen LogP contribution in [-0.4, -0.2) is 35.1 Å². The van der Waals surface area contributed by atoms with E-state index in [1.807, 2.05) is 13.8 Å². The molecule has 0 aliphatic rings. The summed E-state index contributed by atoms with van der Waals surface area (Å²) in [5.41, 5.74) is 4.91. The highest BCUT2D eigenvalue weighted by Crippen LogP contribution is 2.19. The van der Waals surface area contributed by atoms with Crippen molar-refractivity contribution in [3.8, 4) is 11.5 Å². The van der Waals surface area contributed by atoms with Crippen molar-refractivity contribution in [1.29, 1.82) is 0 Å². The number of benzene rings is 2. The third-order valence-corrected chi connectivity index (χ3v) is 3.87. The van der Waals surface area contributed by atoms with E-state index in [4.69, 9.17) is 21.7 Å². The summed E-state index contributed by atoms with van der Waals surface area (Å²) < 4.78 is 10.9. The minimum Gasteiger partial charge on any atom is -0.492 e. The number of hydrazine groups is 1. The van der Waals surface area contributed by atoms with Gasteiger partial charge in [0, 0.05) is 12.1 Å². The molecule has 0 aliphatic carbocycles. The van der Waals surface area contributed by atoms with E-state index in [2.05, 4.69) is 16.2 Å². The molecule has 0 heterocycles. The zero-order chi connectivity index (χ0) is 22.8. The highest BCUT2D eigenvalue weighted by molar-refractivity contribution is 7.80. The van der Waals surface area contributed by atoms with Crippen LogP contribution in [0, 0.1) is 16.0 Å². The molecule has 0 unspecified atom stereocenters. The van der Waals surface area contributed by atoms with Crippen LogP contribution >= 0.6 is 12.2 Å². The van der Waals surface area contributed by atoms with E-state index in [0.717, 1.165) is 0 Å². The first kappa shape index (κ1) is 23.5. The lowest BCUT2D eigenvalue weighted by Gasteiger charge is -2.14. The van der Waals surface area contributed by atoms with Crippen molar-refractivity contribution in [2.24, 2.45) is 5.92 Å². The maximum atomic E-state index is 12.4. The summed E-state index contributed by atoms with van der Waals surface area (Å²) in [7, 11) is 0. The zero-order valence-electron chi connectivity index (χ0n) is 16.9. The predicted octanol–water partition coefficient (Wildman–Crippen LogP) is 2.34. The average Bonchev–Trinajstić information content (AvgIpc) is 2.75. The summed E-state index contributed by atoms with van der Waals surface area (Å²) in [6.07, 6.45) is 0. The summed E-state index contributed by atoms with van der Waals surface area (Å²) >= 11 is 5.01. The summed E-state index contributed by atoms with van der Waals surface area (Å²) in [6.45, 7) is 4.08. The van der Waals surface area contributed by atoms with Gasteiger partial charge in [0.25, 0.3) is 17.5 Å². The van der Waals surface area contributed by atoms with Gasteiger partial charge in [0.2, 0.25) is 0 Å². The van der Waals surface area contributed by atoms with Gasteiger partial charge in [0.1, 0.15) is 11.5 Å². The van der Waals surface area contributed by atoms with Gasteiger partial charge in [-0.1, -0.05) is 26.0 Å². The second kappa shape index (κ2) is 11.5. The van der Waals surface area contributed by atoms with Crippen molar-refractivity contribution in [2.45, 2.75) is 13.8 Å². The number of non-ortho nitro benzene ring substituents is 1. The van der Waals surface area contributed by atoms with E-state index in [1.165, 1.54) is 24.3 Å². The quantitative estimate of drug-likeness (QED) is 0.320. The molecule has 0 saturated carbocycles. The van der Waals surface area contributed by atoms with Crippen LogP contribution in [0.4, 0.5) is 5.69 Å². The normalized spacial score (nSPS) is 10.2. The number of thiocarbonyl (C=S) groups is 1. The molecule has 3 N–H and O–H groups in total. The van der Waals surface area contributed by atoms with Crippen LogP contribution in [-0.2, 0) is 4.79 Å². The van der Waals surface area contributed by atoms with Gasteiger partial charge in [0.05, 0.1) is 17.1 Å². The van der Waals surface area contributed by atoms with Gasteiger partial charge in [-0.3, -0.25) is 35.9 Å². The van der Waals surface area contributed by atoms with Crippen molar-refractivity contribution in [3.05, 3.63) is 64.2 Å². The van der Waals surface area contributed by atoms with E-state index in [-0.39, 0.29) is 23.2 Å². The molecule has 0 spiro atoms. The van der Waals surface area contributed by atoms with E-state index < -0.39 is 16.7 Å². The number of carbonyl (C=O) groups is 2. The molecule has 0 saturated heterocycles. The minimum atomic E-state index is -0.574. The Kier molecular flexibility index (Phi) is 8.70. The van der Waals surface area contributed by atoms with Crippen LogP contribution in [0.1, 0.15) is 24.2 Å². The number of carbonyl (C=O) groups excluding carboxylic acids is 2. The Bertz CT molecular complexity index is 949. The van der Waals surface area contributed by atoms with Crippen LogP contribution in [0.5, 0.6) is 11.5 Å². The number of ether oxygens (including phenoxy) is 2. The number of nitro groups is 1. The molecule has 0 aromatic heterocycles. The maximum absolute atomic E-state index is 12.4. The third kappa shape index (κ3) is 7.90.